The number of aromatic nitrogens is 1. The molecule has 1 N–H and O–H groups in total. The van der Waals surface area contributed by atoms with Crippen LogP contribution in [-0.4, -0.2) is 45.4 Å². The Morgan fingerprint density at radius 3 is 2.74 bits per heavy atom. The highest BCUT2D eigenvalue weighted by Crippen LogP contribution is 2.41. The van der Waals surface area contributed by atoms with Gasteiger partial charge in [-0.2, -0.15) is 4.31 Å². The third kappa shape index (κ3) is 2.47. The van der Waals surface area contributed by atoms with Gasteiger partial charge in [0.05, 0.1) is 5.88 Å². The molecule has 1 saturated heterocycles. The summed E-state index contributed by atoms with van der Waals surface area (Å²) < 4.78 is 25.2. The van der Waals surface area contributed by atoms with Gasteiger partial charge in [0.25, 0.3) is 10.0 Å². The Morgan fingerprint density at radius 2 is 2.21 bits per heavy atom. The van der Waals surface area contributed by atoms with Crippen molar-refractivity contribution in [2.24, 2.45) is 0 Å². The number of pyridine rings is 1. The third-order valence-electron chi connectivity index (χ3n) is 2.95. The highest BCUT2D eigenvalue weighted by molar-refractivity contribution is 8.02. The molecule has 0 bridgehead atoms. The third-order valence-corrected chi connectivity index (χ3v) is 6.22. The molecule has 2 rings (SSSR count). The summed E-state index contributed by atoms with van der Waals surface area (Å²) >= 11 is 1.30. The largest absolute Gasteiger partial charge is 0.480 e. The van der Waals surface area contributed by atoms with Crippen LogP contribution in [-0.2, 0) is 14.8 Å². The van der Waals surface area contributed by atoms with Gasteiger partial charge in [0.15, 0.2) is 5.03 Å². The van der Waals surface area contributed by atoms with Crippen LogP contribution in [0, 0.1) is 0 Å². The SMILES string of the molecule is CC1(C)SCN(S(=O)(=O)c2ccccn2)C1C(=O)O. The molecule has 1 atom stereocenters. The number of hydrogen-bond donors (Lipinski definition) is 1. The lowest BCUT2D eigenvalue weighted by atomic mass is 10.0. The number of carboxylic acid groups (broad SMARTS) is 1. The Hall–Kier alpha value is -1.12. The van der Waals surface area contributed by atoms with Crippen LogP contribution in [0.15, 0.2) is 29.4 Å². The van der Waals surface area contributed by atoms with Gasteiger partial charge in [-0.3, -0.25) is 4.79 Å². The molecule has 8 heteroatoms. The fraction of sp³-hybridized carbons (Fsp3) is 0.455. The Labute approximate surface area is 115 Å². The van der Waals surface area contributed by atoms with E-state index >= 15 is 0 Å². The van der Waals surface area contributed by atoms with E-state index in [1.165, 1.54) is 24.0 Å². The zero-order valence-electron chi connectivity index (χ0n) is 10.5. The number of nitrogens with zero attached hydrogens (tertiary/aromatic N) is 2. The number of aliphatic carboxylic acids is 1. The van der Waals surface area contributed by atoms with Crippen LogP contribution < -0.4 is 0 Å². The molecule has 0 spiro atoms. The van der Waals surface area contributed by atoms with Crippen LogP contribution in [0.2, 0.25) is 0 Å². The van der Waals surface area contributed by atoms with Crippen molar-refractivity contribution in [2.75, 3.05) is 5.88 Å². The second-order valence-electron chi connectivity index (χ2n) is 4.68. The minimum atomic E-state index is -3.88. The van der Waals surface area contributed by atoms with E-state index in [1.807, 2.05) is 0 Å². The summed E-state index contributed by atoms with van der Waals surface area (Å²) in [5.41, 5.74) is 0. The van der Waals surface area contributed by atoms with E-state index in [0.29, 0.717) is 0 Å². The number of sulfonamides is 1. The first-order valence-corrected chi connectivity index (χ1v) is 7.99. The van der Waals surface area contributed by atoms with Crippen molar-refractivity contribution in [1.29, 1.82) is 0 Å². The lowest BCUT2D eigenvalue weighted by molar-refractivity contribution is -0.141. The highest BCUT2D eigenvalue weighted by atomic mass is 32.2. The van der Waals surface area contributed by atoms with Crippen molar-refractivity contribution in [1.82, 2.24) is 9.29 Å². The lowest BCUT2D eigenvalue weighted by Crippen LogP contribution is -2.48. The lowest BCUT2D eigenvalue weighted by Gasteiger charge is -2.26. The number of carboxylic acids is 1. The Kier molecular flexibility index (Phi) is 3.59. The average Bonchev–Trinajstić information content (AvgIpc) is 2.66. The van der Waals surface area contributed by atoms with Crippen LogP contribution in [0.25, 0.3) is 0 Å². The van der Waals surface area contributed by atoms with Crippen molar-refractivity contribution in [3.8, 4) is 0 Å². The minimum absolute atomic E-state index is 0.114. The quantitative estimate of drug-likeness (QED) is 0.896. The number of rotatable bonds is 3. The number of hydrogen-bond acceptors (Lipinski definition) is 5. The summed E-state index contributed by atoms with van der Waals surface area (Å²) in [7, 11) is -3.88. The molecule has 0 aliphatic carbocycles. The van der Waals surface area contributed by atoms with Gasteiger partial charge in [-0.05, 0) is 26.0 Å². The van der Waals surface area contributed by atoms with Gasteiger partial charge in [0.2, 0.25) is 0 Å². The Morgan fingerprint density at radius 1 is 1.53 bits per heavy atom. The summed E-state index contributed by atoms with van der Waals surface area (Å²) in [6.07, 6.45) is 1.37. The zero-order valence-corrected chi connectivity index (χ0v) is 12.1. The minimum Gasteiger partial charge on any atom is -0.480 e. The van der Waals surface area contributed by atoms with E-state index in [4.69, 9.17) is 0 Å². The van der Waals surface area contributed by atoms with Crippen LogP contribution in [0.4, 0.5) is 0 Å². The van der Waals surface area contributed by atoms with E-state index in [9.17, 15) is 18.3 Å². The molecule has 1 unspecified atom stereocenters. The Bertz CT molecular complexity index is 586. The molecule has 6 nitrogen and oxygen atoms in total. The fourth-order valence-electron chi connectivity index (χ4n) is 1.98. The maximum absolute atomic E-state index is 12.4. The van der Waals surface area contributed by atoms with Crippen molar-refractivity contribution in [2.45, 2.75) is 29.7 Å². The molecule has 104 valence electrons. The van der Waals surface area contributed by atoms with Gasteiger partial charge in [-0.25, -0.2) is 13.4 Å². The van der Waals surface area contributed by atoms with E-state index in [-0.39, 0.29) is 10.9 Å². The highest BCUT2D eigenvalue weighted by Gasteiger charge is 2.51. The predicted molar refractivity (Wildman–Crippen MR) is 71.2 cm³/mol. The van der Waals surface area contributed by atoms with Gasteiger partial charge in [-0.1, -0.05) is 6.07 Å². The van der Waals surface area contributed by atoms with E-state index in [0.717, 1.165) is 4.31 Å². The van der Waals surface area contributed by atoms with Gasteiger partial charge in [0, 0.05) is 10.9 Å². The van der Waals surface area contributed by atoms with Crippen LogP contribution in [0.5, 0.6) is 0 Å². The molecule has 19 heavy (non-hydrogen) atoms. The van der Waals surface area contributed by atoms with Crippen molar-refractivity contribution >= 4 is 27.8 Å². The molecule has 1 aliphatic heterocycles. The van der Waals surface area contributed by atoms with Gasteiger partial charge in [0.1, 0.15) is 6.04 Å². The molecule has 1 aromatic heterocycles. The van der Waals surface area contributed by atoms with E-state index in [2.05, 4.69) is 4.98 Å². The molecular formula is C11H14N2O4S2. The fourth-order valence-corrected chi connectivity index (χ4v) is 5.07. The maximum Gasteiger partial charge on any atom is 0.323 e. The summed E-state index contributed by atoms with van der Waals surface area (Å²) in [5, 5.41) is 9.16. The number of carbonyl (C=O) groups is 1. The first kappa shape index (κ1) is 14.3. The maximum atomic E-state index is 12.4. The van der Waals surface area contributed by atoms with Crippen molar-refractivity contribution in [3.63, 3.8) is 0 Å². The summed E-state index contributed by atoms with van der Waals surface area (Å²) in [6.45, 7) is 3.45. The molecule has 0 amide bonds. The van der Waals surface area contributed by atoms with Crippen LogP contribution in [0.3, 0.4) is 0 Å². The van der Waals surface area contributed by atoms with E-state index < -0.39 is 26.8 Å². The number of thioether (sulfide) groups is 1. The van der Waals surface area contributed by atoms with Crippen molar-refractivity contribution in [3.05, 3.63) is 24.4 Å². The summed E-state index contributed by atoms with van der Waals surface area (Å²) in [4.78, 5) is 15.2. The van der Waals surface area contributed by atoms with Gasteiger partial charge >= 0.3 is 5.97 Å². The molecule has 1 aliphatic rings. The van der Waals surface area contributed by atoms with Crippen LogP contribution >= 0.6 is 11.8 Å². The molecule has 1 fully saturated rings. The predicted octanol–water partition coefficient (Wildman–Crippen LogP) is 1.01. The standard InChI is InChI=1S/C11H14N2O4S2/c1-11(2)9(10(14)15)13(7-18-11)19(16,17)8-5-3-4-6-12-8/h3-6,9H,7H2,1-2H3,(H,14,15). The molecule has 0 radical (unpaired) electrons. The molecule has 0 aromatic carbocycles. The monoisotopic (exact) mass is 302 g/mol. The molecular weight excluding hydrogens is 288 g/mol. The first-order valence-electron chi connectivity index (χ1n) is 5.56. The first-order chi connectivity index (χ1) is 8.77. The van der Waals surface area contributed by atoms with Crippen LogP contribution in [0.1, 0.15) is 13.8 Å². The van der Waals surface area contributed by atoms with Gasteiger partial charge in [-0.15, -0.1) is 11.8 Å². The Balaban J connectivity index is 2.45. The second-order valence-corrected chi connectivity index (χ2v) is 8.11. The smallest absolute Gasteiger partial charge is 0.323 e. The second kappa shape index (κ2) is 4.77. The summed E-state index contributed by atoms with van der Waals surface area (Å²) in [5.74, 6) is -1.03. The van der Waals surface area contributed by atoms with Gasteiger partial charge < -0.3 is 5.11 Å². The topological polar surface area (TPSA) is 87.6 Å². The zero-order chi connectivity index (χ0) is 14.3. The summed E-state index contributed by atoms with van der Waals surface area (Å²) in [6, 6.07) is 3.44. The molecule has 0 saturated carbocycles. The normalized spacial score (nSPS) is 23.4. The van der Waals surface area contributed by atoms with Crippen molar-refractivity contribution < 1.29 is 18.3 Å². The average molecular weight is 302 g/mol. The molecule has 1 aromatic rings. The molecule has 2 heterocycles. The van der Waals surface area contributed by atoms with E-state index in [1.54, 1.807) is 26.0 Å².